The second-order valence-electron chi connectivity index (χ2n) is 6.95. The van der Waals surface area contributed by atoms with Crippen LogP contribution >= 0.6 is 0 Å². The molecule has 156 valence electrons. The Morgan fingerprint density at radius 1 is 1.00 bits per heavy atom. The third-order valence-corrected chi connectivity index (χ3v) is 4.84. The fourth-order valence-corrected chi connectivity index (χ4v) is 3.12. The second-order valence-corrected chi connectivity index (χ2v) is 6.95. The van der Waals surface area contributed by atoms with Crippen LogP contribution in [0.2, 0.25) is 0 Å². The lowest BCUT2D eigenvalue weighted by Gasteiger charge is -2.22. The minimum absolute atomic E-state index is 0.230. The van der Waals surface area contributed by atoms with Crippen molar-refractivity contribution in [3.8, 4) is 0 Å². The molecule has 7 nitrogen and oxygen atoms in total. The van der Waals surface area contributed by atoms with Crippen LogP contribution in [-0.2, 0) is 20.7 Å². The standard InChI is InChI=1S/C22H21FN2O5/c1-13(25-20(27)17-5-3-4-6-18(17)21(25)28)22(29)30-14(2)19(26)24-12-11-15-7-9-16(23)10-8-15/h3-10,13-14H,11-12H2,1-2H3,(H,24,26)/t13-,14-/m0/s1. The molecule has 0 aromatic heterocycles. The van der Waals surface area contributed by atoms with Gasteiger partial charge in [-0.2, -0.15) is 0 Å². The van der Waals surface area contributed by atoms with Crippen molar-refractivity contribution in [2.24, 2.45) is 0 Å². The molecule has 0 saturated carbocycles. The van der Waals surface area contributed by atoms with Gasteiger partial charge in [0.05, 0.1) is 11.1 Å². The summed E-state index contributed by atoms with van der Waals surface area (Å²) in [4.78, 5) is 50.4. The fraction of sp³-hybridized carbons (Fsp3) is 0.273. The van der Waals surface area contributed by atoms with Crippen molar-refractivity contribution < 1.29 is 28.3 Å². The van der Waals surface area contributed by atoms with Crippen molar-refractivity contribution in [2.75, 3.05) is 6.54 Å². The zero-order valence-electron chi connectivity index (χ0n) is 16.6. The number of imide groups is 1. The van der Waals surface area contributed by atoms with Crippen LogP contribution in [0.15, 0.2) is 48.5 Å². The number of benzene rings is 2. The molecule has 2 atom stereocenters. The summed E-state index contributed by atoms with van der Waals surface area (Å²) >= 11 is 0. The Morgan fingerprint density at radius 3 is 2.13 bits per heavy atom. The number of nitrogens with one attached hydrogen (secondary N) is 1. The maximum Gasteiger partial charge on any atom is 0.329 e. The van der Waals surface area contributed by atoms with Gasteiger partial charge in [-0.1, -0.05) is 24.3 Å². The first kappa shape index (κ1) is 21.2. The molecule has 0 unspecified atom stereocenters. The van der Waals surface area contributed by atoms with E-state index in [0.717, 1.165) is 10.5 Å². The highest BCUT2D eigenvalue weighted by molar-refractivity contribution is 6.22. The van der Waals surface area contributed by atoms with Gasteiger partial charge in [0.1, 0.15) is 11.9 Å². The zero-order chi connectivity index (χ0) is 21.8. The normalized spacial score (nSPS) is 14.8. The number of hydrogen-bond acceptors (Lipinski definition) is 5. The van der Waals surface area contributed by atoms with Gasteiger partial charge in [0, 0.05) is 6.54 Å². The summed E-state index contributed by atoms with van der Waals surface area (Å²) in [7, 11) is 0. The molecule has 8 heteroatoms. The number of carbonyl (C=O) groups is 4. The van der Waals surface area contributed by atoms with Crippen LogP contribution < -0.4 is 5.32 Å². The van der Waals surface area contributed by atoms with Gasteiger partial charge in [0.2, 0.25) is 0 Å². The highest BCUT2D eigenvalue weighted by Gasteiger charge is 2.41. The minimum Gasteiger partial charge on any atom is -0.451 e. The Hall–Kier alpha value is -3.55. The molecular formula is C22H21FN2O5. The summed E-state index contributed by atoms with van der Waals surface area (Å²) in [6.07, 6.45) is -0.624. The van der Waals surface area contributed by atoms with E-state index in [1.165, 1.54) is 38.1 Å². The summed E-state index contributed by atoms with van der Waals surface area (Å²) in [5.74, 6) is -2.85. The number of rotatable bonds is 7. The van der Waals surface area contributed by atoms with Gasteiger partial charge in [-0.3, -0.25) is 19.3 Å². The van der Waals surface area contributed by atoms with E-state index >= 15 is 0 Å². The van der Waals surface area contributed by atoms with Crippen molar-refractivity contribution in [1.82, 2.24) is 10.2 Å². The van der Waals surface area contributed by atoms with Crippen LogP contribution in [0.5, 0.6) is 0 Å². The van der Waals surface area contributed by atoms with Crippen LogP contribution in [-0.4, -0.2) is 47.3 Å². The fourth-order valence-electron chi connectivity index (χ4n) is 3.12. The molecule has 2 aromatic carbocycles. The Balaban J connectivity index is 1.52. The van der Waals surface area contributed by atoms with Gasteiger partial charge in [0.25, 0.3) is 17.7 Å². The molecule has 0 radical (unpaired) electrons. The lowest BCUT2D eigenvalue weighted by molar-refractivity contribution is -0.158. The quantitative estimate of drug-likeness (QED) is 0.555. The smallest absolute Gasteiger partial charge is 0.329 e. The minimum atomic E-state index is -1.17. The number of halogens is 1. The number of fused-ring (bicyclic) bond motifs is 1. The molecule has 0 aliphatic carbocycles. The van der Waals surface area contributed by atoms with Crippen molar-refractivity contribution in [2.45, 2.75) is 32.4 Å². The first-order chi connectivity index (χ1) is 14.3. The average Bonchev–Trinajstić information content (AvgIpc) is 2.99. The maximum atomic E-state index is 12.9. The van der Waals surface area contributed by atoms with Gasteiger partial charge in [0.15, 0.2) is 6.10 Å². The largest absolute Gasteiger partial charge is 0.451 e. The van der Waals surface area contributed by atoms with Crippen molar-refractivity contribution in [1.29, 1.82) is 0 Å². The SMILES string of the molecule is C[C@H](OC(=O)[C@H](C)N1C(=O)c2ccccc2C1=O)C(=O)NCCc1ccc(F)cc1. The molecule has 30 heavy (non-hydrogen) atoms. The molecule has 0 spiro atoms. The van der Waals surface area contributed by atoms with E-state index in [0.29, 0.717) is 6.42 Å². The molecule has 1 aliphatic heterocycles. The Labute approximate surface area is 172 Å². The molecule has 1 aliphatic rings. The van der Waals surface area contributed by atoms with Crippen LogP contribution in [0.4, 0.5) is 4.39 Å². The van der Waals surface area contributed by atoms with Crippen molar-refractivity contribution in [3.05, 3.63) is 71.0 Å². The molecule has 0 saturated heterocycles. The molecule has 2 aromatic rings. The van der Waals surface area contributed by atoms with E-state index in [9.17, 15) is 23.6 Å². The van der Waals surface area contributed by atoms with Gasteiger partial charge in [-0.15, -0.1) is 0 Å². The van der Waals surface area contributed by atoms with E-state index in [1.54, 1.807) is 24.3 Å². The molecule has 0 bridgehead atoms. The lowest BCUT2D eigenvalue weighted by Crippen LogP contribution is -2.46. The van der Waals surface area contributed by atoms with Crippen LogP contribution in [0.1, 0.15) is 40.1 Å². The molecule has 0 fully saturated rings. The number of carbonyl (C=O) groups excluding carboxylic acids is 4. The summed E-state index contributed by atoms with van der Waals surface area (Å²) in [6.45, 7) is 3.06. The van der Waals surface area contributed by atoms with E-state index in [1.807, 2.05) is 0 Å². The van der Waals surface area contributed by atoms with Gasteiger partial charge >= 0.3 is 5.97 Å². The summed E-state index contributed by atoms with van der Waals surface area (Å²) < 4.78 is 18.1. The average molecular weight is 412 g/mol. The van der Waals surface area contributed by atoms with Crippen LogP contribution in [0.3, 0.4) is 0 Å². The molecular weight excluding hydrogens is 391 g/mol. The molecule has 1 N–H and O–H groups in total. The van der Waals surface area contributed by atoms with E-state index in [4.69, 9.17) is 4.74 Å². The van der Waals surface area contributed by atoms with Gasteiger partial charge < -0.3 is 10.1 Å². The van der Waals surface area contributed by atoms with E-state index in [2.05, 4.69) is 5.32 Å². The monoisotopic (exact) mass is 412 g/mol. The second kappa shape index (κ2) is 8.86. The van der Waals surface area contributed by atoms with Gasteiger partial charge in [-0.05, 0) is 50.1 Å². The Morgan fingerprint density at radius 2 is 1.57 bits per heavy atom. The number of esters is 1. The molecule has 3 rings (SSSR count). The highest BCUT2D eigenvalue weighted by atomic mass is 19.1. The zero-order valence-corrected chi connectivity index (χ0v) is 16.6. The number of nitrogens with zero attached hydrogens (tertiary/aromatic N) is 1. The topological polar surface area (TPSA) is 92.8 Å². The first-order valence-corrected chi connectivity index (χ1v) is 9.49. The predicted molar refractivity (Wildman–Crippen MR) is 105 cm³/mol. The highest BCUT2D eigenvalue weighted by Crippen LogP contribution is 2.24. The number of ether oxygens (including phenoxy) is 1. The summed E-state index contributed by atoms with van der Waals surface area (Å²) in [5, 5.41) is 2.63. The maximum absolute atomic E-state index is 12.9. The van der Waals surface area contributed by atoms with E-state index < -0.39 is 35.8 Å². The van der Waals surface area contributed by atoms with Crippen molar-refractivity contribution >= 4 is 23.7 Å². The van der Waals surface area contributed by atoms with Gasteiger partial charge in [-0.25, -0.2) is 9.18 Å². The Bertz CT molecular complexity index is 954. The first-order valence-electron chi connectivity index (χ1n) is 9.49. The molecule has 1 heterocycles. The van der Waals surface area contributed by atoms with Crippen LogP contribution in [0, 0.1) is 5.82 Å². The third-order valence-electron chi connectivity index (χ3n) is 4.84. The summed E-state index contributed by atoms with van der Waals surface area (Å²) in [6, 6.07) is 11.0. The van der Waals surface area contributed by atoms with E-state index in [-0.39, 0.29) is 23.5 Å². The molecule has 3 amide bonds. The number of hydrogen-bond donors (Lipinski definition) is 1. The lowest BCUT2D eigenvalue weighted by atomic mass is 10.1. The summed E-state index contributed by atoms with van der Waals surface area (Å²) in [5.41, 5.74) is 1.31. The predicted octanol–water partition coefficient (Wildman–Crippen LogP) is 2.10. The van der Waals surface area contributed by atoms with Crippen LogP contribution in [0.25, 0.3) is 0 Å². The Kier molecular flexibility index (Phi) is 6.25. The van der Waals surface area contributed by atoms with Crippen molar-refractivity contribution in [3.63, 3.8) is 0 Å². The third kappa shape index (κ3) is 4.37. The number of amides is 3.